The lowest BCUT2D eigenvalue weighted by atomic mass is 10.1. The molecule has 18 heavy (non-hydrogen) atoms. The number of carbonyl (C=O) groups is 1. The molecule has 1 aliphatic rings. The number of anilines is 2. The Morgan fingerprint density at radius 2 is 2.33 bits per heavy atom. The monoisotopic (exact) mass is 248 g/mol. The highest BCUT2D eigenvalue weighted by atomic mass is 16.5. The second kappa shape index (κ2) is 5.40. The van der Waals surface area contributed by atoms with Gasteiger partial charge in [0.25, 0.3) is 0 Å². The van der Waals surface area contributed by atoms with Crippen LogP contribution in [0.25, 0.3) is 0 Å². The smallest absolute Gasteiger partial charge is 0.161 e. The number of ether oxygens (including phenoxy) is 1. The zero-order valence-electron chi connectivity index (χ0n) is 10.9. The van der Waals surface area contributed by atoms with E-state index in [9.17, 15) is 4.79 Å². The molecule has 98 valence electrons. The quantitative estimate of drug-likeness (QED) is 0.634. The molecule has 4 heteroatoms. The van der Waals surface area contributed by atoms with Gasteiger partial charge in [0.05, 0.1) is 6.10 Å². The Balaban J connectivity index is 2.05. The van der Waals surface area contributed by atoms with Crippen LogP contribution in [-0.4, -0.2) is 24.5 Å². The van der Waals surface area contributed by atoms with Crippen molar-refractivity contribution in [2.24, 2.45) is 0 Å². The Morgan fingerprint density at radius 1 is 1.56 bits per heavy atom. The van der Waals surface area contributed by atoms with E-state index in [0.29, 0.717) is 11.3 Å². The van der Waals surface area contributed by atoms with Gasteiger partial charge < -0.3 is 15.8 Å². The van der Waals surface area contributed by atoms with Crippen molar-refractivity contribution in [2.75, 3.05) is 17.7 Å². The van der Waals surface area contributed by atoms with Crippen LogP contribution in [0.4, 0.5) is 11.4 Å². The summed E-state index contributed by atoms with van der Waals surface area (Å²) in [6.45, 7) is 4.47. The average molecular weight is 248 g/mol. The van der Waals surface area contributed by atoms with Crippen LogP contribution in [0.3, 0.4) is 0 Å². The molecule has 0 bridgehead atoms. The maximum Gasteiger partial charge on any atom is 0.161 e. The first-order valence-electron chi connectivity index (χ1n) is 6.36. The summed E-state index contributed by atoms with van der Waals surface area (Å²) in [5.41, 5.74) is 7.89. The molecule has 3 N–H and O–H groups in total. The first-order valence-corrected chi connectivity index (χ1v) is 6.36. The van der Waals surface area contributed by atoms with Gasteiger partial charge in [0.1, 0.15) is 0 Å². The van der Waals surface area contributed by atoms with E-state index in [2.05, 4.69) is 12.2 Å². The van der Waals surface area contributed by atoms with Crippen LogP contribution in [0.15, 0.2) is 18.2 Å². The first kappa shape index (κ1) is 12.9. The van der Waals surface area contributed by atoms with Gasteiger partial charge in [-0.2, -0.15) is 0 Å². The van der Waals surface area contributed by atoms with E-state index in [1.54, 1.807) is 6.07 Å². The summed E-state index contributed by atoms with van der Waals surface area (Å²) >= 11 is 0. The van der Waals surface area contributed by atoms with E-state index >= 15 is 0 Å². The van der Waals surface area contributed by atoms with E-state index in [0.717, 1.165) is 25.1 Å². The molecule has 1 aliphatic heterocycles. The highest BCUT2D eigenvalue weighted by Gasteiger charge is 2.22. The standard InChI is InChI=1S/C14H20N2O2/c1-9(14-4-3-7-18-14)16-11-5-6-12(10(2)17)13(15)8-11/h5-6,8-9,14,16H,3-4,7,15H2,1-2H3. The zero-order valence-corrected chi connectivity index (χ0v) is 10.9. The third-order valence-corrected chi connectivity index (χ3v) is 3.35. The number of hydrogen-bond donors (Lipinski definition) is 2. The molecule has 0 aromatic heterocycles. The fourth-order valence-electron chi connectivity index (χ4n) is 2.33. The SMILES string of the molecule is CC(=O)c1ccc(NC(C)C2CCCO2)cc1N. The molecule has 0 aliphatic carbocycles. The second-order valence-electron chi connectivity index (χ2n) is 4.84. The zero-order chi connectivity index (χ0) is 13.1. The minimum absolute atomic E-state index is 0.00813. The summed E-state index contributed by atoms with van der Waals surface area (Å²) in [6.07, 6.45) is 2.48. The summed E-state index contributed by atoms with van der Waals surface area (Å²) in [7, 11) is 0. The topological polar surface area (TPSA) is 64.3 Å². The number of nitrogen functional groups attached to an aromatic ring is 1. The molecule has 1 heterocycles. The summed E-state index contributed by atoms with van der Waals surface area (Å²) in [5.74, 6) is -0.00813. The van der Waals surface area contributed by atoms with Crippen LogP contribution < -0.4 is 11.1 Å². The van der Waals surface area contributed by atoms with Gasteiger partial charge in [-0.25, -0.2) is 0 Å². The predicted octanol–water partition coefficient (Wildman–Crippen LogP) is 2.45. The molecule has 0 radical (unpaired) electrons. The van der Waals surface area contributed by atoms with Crippen LogP contribution in [0, 0.1) is 0 Å². The largest absolute Gasteiger partial charge is 0.398 e. The molecule has 1 aromatic carbocycles. The number of hydrogen-bond acceptors (Lipinski definition) is 4. The van der Waals surface area contributed by atoms with E-state index < -0.39 is 0 Å². The minimum Gasteiger partial charge on any atom is -0.398 e. The fourth-order valence-corrected chi connectivity index (χ4v) is 2.33. The van der Waals surface area contributed by atoms with Crippen LogP contribution >= 0.6 is 0 Å². The number of carbonyl (C=O) groups excluding carboxylic acids is 1. The van der Waals surface area contributed by atoms with Gasteiger partial charge in [-0.3, -0.25) is 4.79 Å². The van der Waals surface area contributed by atoms with E-state index in [1.165, 1.54) is 6.92 Å². The molecule has 0 spiro atoms. The molecule has 2 unspecified atom stereocenters. The van der Waals surface area contributed by atoms with Crippen molar-refractivity contribution in [3.63, 3.8) is 0 Å². The molecular weight excluding hydrogens is 228 g/mol. The number of nitrogens with one attached hydrogen (secondary N) is 1. The third kappa shape index (κ3) is 2.82. The lowest BCUT2D eigenvalue weighted by Gasteiger charge is -2.21. The molecule has 1 fully saturated rings. The van der Waals surface area contributed by atoms with Crippen molar-refractivity contribution in [1.82, 2.24) is 0 Å². The van der Waals surface area contributed by atoms with Crippen molar-refractivity contribution in [3.8, 4) is 0 Å². The molecule has 4 nitrogen and oxygen atoms in total. The molecular formula is C14H20N2O2. The summed E-state index contributed by atoms with van der Waals surface area (Å²) < 4.78 is 5.63. The van der Waals surface area contributed by atoms with Gasteiger partial charge in [0.2, 0.25) is 0 Å². The minimum atomic E-state index is -0.00813. The Labute approximate surface area is 108 Å². The summed E-state index contributed by atoms with van der Waals surface area (Å²) in [6, 6.07) is 5.71. The highest BCUT2D eigenvalue weighted by Crippen LogP contribution is 2.22. The molecule has 2 atom stereocenters. The number of rotatable bonds is 4. The van der Waals surface area contributed by atoms with Gasteiger partial charge in [-0.1, -0.05) is 0 Å². The third-order valence-electron chi connectivity index (χ3n) is 3.35. The highest BCUT2D eigenvalue weighted by molar-refractivity contribution is 5.99. The van der Waals surface area contributed by atoms with E-state index in [-0.39, 0.29) is 17.9 Å². The normalized spacial score (nSPS) is 20.7. The van der Waals surface area contributed by atoms with Crippen LogP contribution in [0.5, 0.6) is 0 Å². The Hall–Kier alpha value is -1.55. The lowest BCUT2D eigenvalue weighted by Crippen LogP contribution is -2.30. The summed E-state index contributed by atoms with van der Waals surface area (Å²) in [5, 5.41) is 3.37. The van der Waals surface area contributed by atoms with Gasteiger partial charge in [0.15, 0.2) is 5.78 Å². The number of benzene rings is 1. The maximum atomic E-state index is 11.3. The Kier molecular flexibility index (Phi) is 3.87. The van der Waals surface area contributed by atoms with Crippen LogP contribution in [0.1, 0.15) is 37.0 Å². The number of ketones is 1. The van der Waals surface area contributed by atoms with E-state index in [4.69, 9.17) is 10.5 Å². The predicted molar refractivity (Wildman–Crippen MR) is 72.9 cm³/mol. The van der Waals surface area contributed by atoms with Gasteiger partial charge >= 0.3 is 0 Å². The molecule has 1 saturated heterocycles. The van der Waals surface area contributed by atoms with Gasteiger partial charge in [0, 0.05) is 29.6 Å². The Bertz CT molecular complexity index is 439. The molecule has 0 amide bonds. The average Bonchev–Trinajstić information content (AvgIpc) is 2.81. The number of nitrogens with two attached hydrogens (primary N) is 1. The van der Waals surface area contributed by atoms with Crippen molar-refractivity contribution in [2.45, 2.75) is 38.8 Å². The van der Waals surface area contributed by atoms with Crippen molar-refractivity contribution in [1.29, 1.82) is 0 Å². The van der Waals surface area contributed by atoms with Gasteiger partial charge in [-0.05, 0) is 44.9 Å². The van der Waals surface area contributed by atoms with Gasteiger partial charge in [-0.15, -0.1) is 0 Å². The van der Waals surface area contributed by atoms with E-state index in [1.807, 2.05) is 12.1 Å². The Morgan fingerprint density at radius 3 is 2.89 bits per heavy atom. The first-order chi connectivity index (χ1) is 8.58. The second-order valence-corrected chi connectivity index (χ2v) is 4.84. The fraction of sp³-hybridized carbons (Fsp3) is 0.500. The maximum absolute atomic E-state index is 11.3. The van der Waals surface area contributed by atoms with Crippen LogP contribution in [0.2, 0.25) is 0 Å². The van der Waals surface area contributed by atoms with Crippen molar-refractivity contribution < 1.29 is 9.53 Å². The summed E-state index contributed by atoms with van der Waals surface area (Å²) in [4.78, 5) is 11.3. The molecule has 0 saturated carbocycles. The van der Waals surface area contributed by atoms with Crippen molar-refractivity contribution in [3.05, 3.63) is 23.8 Å². The molecule has 2 rings (SSSR count). The number of Topliss-reactive ketones (excluding diaryl/α,β-unsaturated/α-hetero) is 1. The van der Waals surface area contributed by atoms with Crippen molar-refractivity contribution >= 4 is 17.2 Å². The van der Waals surface area contributed by atoms with Crippen LogP contribution in [-0.2, 0) is 4.74 Å². The lowest BCUT2D eigenvalue weighted by molar-refractivity contribution is 0.0995. The molecule has 1 aromatic rings.